The summed E-state index contributed by atoms with van der Waals surface area (Å²) in [6, 6.07) is 6.25. The van der Waals surface area contributed by atoms with Crippen molar-refractivity contribution in [3.05, 3.63) is 53.6 Å². The lowest BCUT2D eigenvalue weighted by molar-refractivity contribution is 0.0906. The highest BCUT2D eigenvalue weighted by Gasteiger charge is 2.23. The van der Waals surface area contributed by atoms with E-state index in [-0.39, 0.29) is 29.4 Å². The van der Waals surface area contributed by atoms with Gasteiger partial charge >= 0.3 is 11.8 Å². The minimum absolute atomic E-state index is 0.0356. The number of pyridine rings is 1. The highest BCUT2D eigenvalue weighted by molar-refractivity contribution is 5.89. The minimum atomic E-state index is -0.572. The lowest BCUT2D eigenvalue weighted by atomic mass is 9.96. The molecule has 0 spiro atoms. The first-order valence-electron chi connectivity index (χ1n) is 8.58. The Bertz CT molecular complexity index is 1030. The quantitative estimate of drug-likeness (QED) is 0.630. The third kappa shape index (κ3) is 3.93. The highest BCUT2D eigenvalue weighted by Crippen LogP contribution is 2.29. The molecule has 0 fully saturated rings. The van der Waals surface area contributed by atoms with Crippen LogP contribution in [0.4, 0.5) is 15.9 Å². The van der Waals surface area contributed by atoms with Crippen molar-refractivity contribution in [2.24, 2.45) is 0 Å². The second kappa shape index (κ2) is 7.26. The predicted molar refractivity (Wildman–Crippen MR) is 103 cm³/mol. The van der Waals surface area contributed by atoms with E-state index in [2.05, 4.69) is 20.4 Å². The summed E-state index contributed by atoms with van der Waals surface area (Å²) in [5.41, 5.74) is 13.0. The Morgan fingerprint density at radius 2 is 2.00 bits per heavy atom. The van der Waals surface area contributed by atoms with Gasteiger partial charge in [0.2, 0.25) is 0 Å². The molecule has 0 saturated carbocycles. The van der Waals surface area contributed by atoms with E-state index in [0.29, 0.717) is 22.5 Å². The molecule has 0 saturated heterocycles. The van der Waals surface area contributed by atoms with Gasteiger partial charge in [-0.1, -0.05) is 38.1 Å². The molecule has 0 aliphatic carbocycles. The van der Waals surface area contributed by atoms with Gasteiger partial charge in [-0.15, -0.1) is 0 Å². The zero-order chi connectivity index (χ0) is 20.5. The first-order valence-corrected chi connectivity index (χ1v) is 8.58. The summed E-state index contributed by atoms with van der Waals surface area (Å²) in [4.78, 5) is 20.1. The Morgan fingerprint density at radius 1 is 1.25 bits per heavy atom. The Morgan fingerprint density at radius 3 is 2.64 bits per heavy atom. The molecule has 0 unspecified atom stereocenters. The van der Waals surface area contributed by atoms with Crippen LogP contribution in [-0.4, -0.2) is 21.0 Å². The van der Waals surface area contributed by atoms with E-state index < -0.39 is 11.7 Å². The third-order valence-corrected chi connectivity index (χ3v) is 4.12. The minimum Gasteiger partial charge on any atom is -0.395 e. The van der Waals surface area contributed by atoms with Gasteiger partial charge < -0.3 is 21.3 Å². The number of rotatable bonds is 4. The molecule has 1 aromatic carbocycles. The maximum absolute atomic E-state index is 14.5. The van der Waals surface area contributed by atoms with E-state index in [4.69, 9.17) is 16.0 Å². The van der Waals surface area contributed by atoms with E-state index in [9.17, 15) is 9.18 Å². The normalized spacial score (nSPS) is 11.4. The number of carbonyl (C=O) groups is 1. The van der Waals surface area contributed by atoms with Crippen molar-refractivity contribution in [3.63, 3.8) is 0 Å². The van der Waals surface area contributed by atoms with Crippen molar-refractivity contribution in [1.29, 1.82) is 0 Å². The number of nitrogens with two attached hydrogens (primary N) is 2. The summed E-state index contributed by atoms with van der Waals surface area (Å²) >= 11 is 0. The fourth-order valence-electron chi connectivity index (χ4n) is 2.47. The first-order chi connectivity index (χ1) is 13.2. The van der Waals surface area contributed by atoms with Gasteiger partial charge in [-0.3, -0.25) is 4.79 Å². The largest absolute Gasteiger partial charge is 0.395 e. The van der Waals surface area contributed by atoms with Crippen LogP contribution in [0.15, 0.2) is 35.0 Å². The van der Waals surface area contributed by atoms with Crippen molar-refractivity contribution >= 4 is 17.4 Å². The maximum Gasteiger partial charge on any atom is 0.315 e. The number of benzene rings is 1. The Kier molecular flexibility index (Phi) is 5.00. The molecule has 5 N–H and O–H groups in total. The van der Waals surface area contributed by atoms with Crippen molar-refractivity contribution in [2.75, 3.05) is 11.5 Å². The molecule has 0 radical (unpaired) electrons. The van der Waals surface area contributed by atoms with E-state index >= 15 is 0 Å². The van der Waals surface area contributed by atoms with Crippen LogP contribution in [0.1, 0.15) is 42.8 Å². The summed E-state index contributed by atoms with van der Waals surface area (Å²) < 4.78 is 19.5. The molecule has 0 aliphatic rings. The Balaban J connectivity index is 1.72. The summed E-state index contributed by atoms with van der Waals surface area (Å²) in [5, 5.41) is 6.36. The third-order valence-electron chi connectivity index (χ3n) is 4.12. The van der Waals surface area contributed by atoms with Crippen LogP contribution in [0.25, 0.3) is 11.1 Å². The molecule has 2 heterocycles. The zero-order valence-corrected chi connectivity index (χ0v) is 15.8. The number of anilines is 2. The second-order valence-corrected chi connectivity index (χ2v) is 7.32. The van der Waals surface area contributed by atoms with Crippen molar-refractivity contribution < 1.29 is 13.7 Å². The molecular weight excluding hydrogens is 363 g/mol. The van der Waals surface area contributed by atoms with Crippen LogP contribution in [0.5, 0.6) is 0 Å². The molecule has 2 aromatic heterocycles. The van der Waals surface area contributed by atoms with Crippen LogP contribution in [0.3, 0.4) is 0 Å². The van der Waals surface area contributed by atoms with Gasteiger partial charge in [-0.05, 0) is 17.7 Å². The summed E-state index contributed by atoms with van der Waals surface area (Å²) in [6.45, 7) is 5.67. The summed E-state index contributed by atoms with van der Waals surface area (Å²) in [5.74, 6) is -0.626. The number of nitrogens with zero attached hydrogens (tertiary/aromatic N) is 3. The molecule has 8 nitrogen and oxygen atoms in total. The van der Waals surface area contributed by atoms with Gasteiger partial charge in [0, 0.05) is 29.3 Å². The molecule has 0 aliphatic heterocycles. The fourth-order valence-corrected chi connectivity index (χ4v) is 2.47. The molecule has 3 rings (SSSR count). The zero-order valence-electron chi connectivity index (χ0n) is 15.8. The van der Waals surface area contributed by atoms with Gasteiger partial charge in [0.05, 0.1) is 5.69 Å². The second-order valence-electron chi connectivity index (χ2n) is 7.32. The van der Waals surface area contributed by atoms with Crippen LogP contribution >= 0.6 is 0 Å². The number of aromatic nitrogens is 3. The van der Waals surface area contributed by atoms with Gasteiger partial charge in [-0.2, -0.15) is 4.98 Å². The molecule has 146 valence electrons. The fraction of sp³-hybridized carbons (Fsp3) is 0.263. The average molecular weight is 384 g/mol. The van der Waals surface area contributed by atoms with E-state index in [1.807, 2.05) is 20.8 Å². The number of amides is 1. The monoisotopic (exact) mass is 384 g/mol. The van der Waals surface area contributed by atoms with Crippen LogP contribution in [0.2, 0.25) is 0 Å². The number of hydrogen-bond donors (Lipinski definition) is 3. The van der Waals surface area contributed by atoms with E-state index in [1.165, 1.54) is 12.3 Å². The standard InChI is InChI=1S/C19H21FN6O2/c1-19(2,3)18-25-17(28-26-18)16(27)24-9-11-5-4-10(8-13(11)20)12-6-7-23-15(22)14(12)21/h4-8H,9,21H2,1-3H3,(H2,22,23)(H,24,27). The topological polar surface area (TPSA) is 133 Å². The molecule has 28 heavy (non-hydrogen) atoms. The number of nitrogens with one attached hydrogen (secondary N) is 1. The smallest absolute Gasteiger partial charge is 0.315 e. The van der Waals surface area contributed by atoms with Gasteiger partial charge in [0.15, 0.2) is 5.82 Å². The SMILES string of the molecule is CC(C)(C)c1noc(C(=O)NCc2ccc(-c3ccnc(N)c3N)cc2F)n1. The van der Waals surface area contributed by atoms with E-state index in [0.717, 1.165) is 0 Å². The molecule has 0 atom stereocenters. The average Bonchev–Trinajstić information content (AvgIpc) is 3.13. The molecule has 9 heteroatoms. The predicted octanol–water partition coefficient (Wildman–Crippen LogP) is 2.66. The number of hydrogen-bond acceptors (Lipinski definition) is 7. The van der Waals surface area contributed by atoms with Crippen molar-refractivity contribution in [1.82, 2.24) is 20.4 Å². The molecule has 3 aromatic rings. The highest BCUT2D eigenvalue weighted by atomic mass is 19.1. The number of nitrogen functional groups attached to an aromatic ring is 2. The van der Waals surface area contributed by atoms with Crippen LogP contribution in [-0.2, 0) is 12.0 Å². The van der Waals surface area contributed by atoms with Gasteiger partial charge in [-0.25, -0.2) is 9.37 Å². The lowest BCUT2D eigenvalue weighted by Gasteiger charge is -2.11. The molecule has 1 amide bonds. The maximum atomic E-state index is 14.5. The summed E-state index contributed by atoms with van der Waals surface area (Å²) in [6.07, 6.45) is 1.50. The van der Waals surface area contributed by atoms with Gasteiger partial charge in [0.25, 0.3) is 0 Å². The van der Waals surface area contributed by atoms with Crippen molar-refractivity contribution in [3.8, 4) is 11.1 Å². The molecule has 0 bridgehead atoms. The van der Waals surface area contributed by atoms with Crippen molar-refractivity contribution in [2.45, 2.75) is 32.7 Å². The Hall–Kier alpha value is -3.49. The summed E-state index contributed by atoms with van der Waals surface area (Å²) in [7, 11) is 0. The van der Waals surface area contributed by atoms with Gasteiger partial charge in [0.1, 0.15) is 11.6 Å². The lowest BCUT2D eigenvalue weighted by Crippen LogP contribution is -2.24. The van der Waals surface area contributed by atoms with Crippen LogP contribution < -0.4 is 16.8 Å². The number of halogens is 1. The Labute approximate surface area is 161 Å². The number of carbonyl (C=O) groups excluding carboxylic acids is 1. The molecular formula is C19H21FN6O2. The first kappa shape index (κ1) is 19.3. The van der Waals surface area contributed by atoms with Crippen LogP contribution in [0, 0.1) is 5.82 Å². The van der Waals surface area contributed by atoms with E-state index in [1.54, 1.807) is 18.2 Å².